The molecule has 0 radical (unpaired) electrons. The molecule has 124 valence electrons. The minimum absolute atomic E-state index is 0.193. The van der Waals surface area contributed by atoms with Crippen molar-refractivity contribution in [1.82, 2.24) is 9.88 Å². The Morgan fingerprint density at radius 3 is 3.04 bits per heavy atom. The van der Waals surface area contributed by atoms with Crippen molar-refractivity contribution in [3.05, 3.63) is 34.4 Å². The van der Waals surface area contributed by atoms with E-state index in [4.69, 9.17) is 4.74 Å². The summed E-state index contributed by atoms with van der Waals surface area (Å²) >= 11 is 3.48. The van der Waals surface area contributed by atoms with Gasteiger partial charge < -0.3 is 14.6 Å². The second kappa shape index (κ2) is 7.05. The molecule has 0 spiro atoms. The zero-order valence-corrected chi connectivity index (χ0v) is 15.2. The van der Waals surface area contributed by atoms with Crippen molar-refractivity contribution < 1.29 is 9.53 Å². The maximum atomic E-state index is 12.9. The van der Waals surface area contributed by atoms with Gasteiger partial charge in [0.15, 0.2) is 0 Å². The van der Waals surface area contributed by atoms with Crippen molar-refractivity contribution in [3.8, 4) is 0 Å². The summed E-state index contributed by atoms with van der Waals surface area (Å²) < 4.78 is 6.60. The molecule has 5 heteroatoms. The smallest absolute Gasteiger partial charge is 0.227 e. The number of H-pyrrole nitrogens is 1. The Labute approximate surface area is 145 Å². The van der Waals surface area contributed by atoms with Crippen LogP contribution in [0.25, 0.3) is 10.9 Å². The lowest BCUT2D eigenvalue weighted by Crippen LogP contribution is -2.44. The van der Waals surface area contributed by atoms with Crippen LogP contribution >= 0.6 is 15.9 Å². The quantitative estimate of drug-likeness (QED) is 0.883. The van der Waals surface area contributed by atoms with Crippen molar-refractivity contribution >= 4 is 32.7 Å². The molecule has 0 saturated carbocycles. The van der Waals surface area contributed by atoms with Crippen LogP contribution in [-0.2, 0) is 16.0 Å². The van der Waals surface area contributed by atoms with E-state index in [1.165, 1.54) is 0 Å². The molecule has 1 aliphatic rings. The summed E-state index contributed by atoms with van der Waals surface area (Å²) in [6.45, 7) is 6.43. The number of carbonyl (C=O) groups excluding carboxylic acids is 1. The zero-order valence-electron chi connectivity index (χ0n) is 13.6. The largest absolute Gasteiger partial charge is 0.380 e. The number of benzene rings is 1. The van der Waals surface area contributed by atoms with Crippen LogP contribution in [0.5, 0.6) is 0 Å². The SMILES string of the molecule is CC(C)C1CCOCCN1C(=O)Cc1c[nH]c2cc(Br)ccc12. The van der Waals surface area contributed by atoms with Gasteiger partial charge in [0.05, 0.1) is 13.0 Å². The molecule has 1 aliphatic heterocycles. The fourth-order valence-corrected chi connectivity index (χ4v) is 3.72. The number of nitrogens with one attached hydrogen (secondary N) is 1. The summed E-state index contributed by atoms with van der Waals surface area (Å²) in [4.78, 5) is 18.2. The first-order valence-corrected chi connectivity index (χ1v) is 8.98. The van der Waals surface area contributed by atoms with Gasteiger partial charge in [0, 0.05) is 40.8 Å². The summed E-state index contributed by atoms with van der Waals surface area (Å²) in [6, 6.07) is 6.38. The molecule has 0 bridgehead atoms. The monoisotopic (exact) mass is 378 g/mol. The third kappa shape index (κ3) is 3.61. The van der Waals surface area contributed by atoms with E-state index in [1.54, 1.807) is 0 Å². The van der Waals surface area contributed by atoms with Crippen molar-refractivity contribution in [3.63, 3.8) is 0 Å². The highest BCUT2D eigenvalue weighted by Gasteiger charge is 2.28. The number of nitrogens with zero attached hydrogens (tertiary/aromatic N) is 1. The van der Waals surface area contributed by atoms with Gasteiger partial charge in [-0.25, -0.2) is 0 Å². The average Bonchev–Trinajstić information content (AvgIpc) is 2.74. The molecule has 1 aromatic heterocycles. The lowest BCUT2D eigenvalue weighted by Gasteiger charge is -2.32. The Morgan fingerprint density at radius 2 is 2.26 bits per heavy atom. The average molecular weight is 379 g/mol. The Kier molecular flexibility index (Phi) is 5.07. The highest BCUT2D eigenvalue weighted by Crippen LogP contribution is 2.24. The van der Waals surface area contributed by atoms with Crippen LogP contribution in [0.2, 0.25) is 0 Å². The van der Waals surface area contributed by atoms with Crippen LogP contribution in [-0.4, -0.2) is 41.6 Å². The summed E-state index contributed by atoms with van der Waals surface area (Å²) in [5, 5.41) is 1.12. The van der Waals surface area contributed by atoms with Gasteiger partial charge in [0.1, 0.15) is 0 Å². The van der Waals surface area contributed by atoms with Crippen LogP contribution in [0, 0.1) is 5.92 Å². The van der Waals surface area contributed by atoms with Gasteiger partial charge in [-0.15, -0.1) is 0 Å². The van der Waals surface area contributed by atoms with Crippen molar-refractivity contribution in [1.29, 1.82) is 0 Å². The Hall–Kier alpha value is -1.33. The number of ether oxygens (including phenoxy) is 1. The second-order valence-electron chi connectivity index (χ2n) is 6.48. The van der Waals surface area contributed by atoms with Crippen molar-refractivity contribution in [2.75, 3.05) is 19.8 Å². The third-order valence-corrected chi connectivity index (χ3v) is 5.09. The summed E-state index contributed by atoms with van der Waals surface area (Å²) in [6.07, 6.45) is 3.31. The first kappa shape index (κ1) is 16.5. The lowest BCUT2D eigenvalue weighted by molar-refractivity contribution is -0.133. The molecule has 2 heterocycles. The summed E-state index contributed by atoms with van der Waals surface area (Å²) in [7, 11) is 0. The van der Waals surface area contributed by atoms with Gasteiger partial charge in [-0.3, -0.25) is 4.79 Å². The fourth-order valence-electron chi connectivity index (χ4n) is 3.36. The van der Waals surface area contributed by atoms with E-state index in [-0.39, 0.29) is 11.9 Å². The molecular formula is C18H23BrN2O2. The number of amides is 1. The van der Waals surface area contributed by atoms with Crippen LogP contribution in [0.1, 0.15) is 25.8 Å². The van der Waals surface area contributed by atoms with E-state index in [2.05, 4.69) is 40.8 Å². The summed E-state index contributed by atoms with van der Waals surface area (Å²) in [5.74, 6) is 0.637. The predicted molar refractivity (Wildman–Crippen MR) is 95.5 cm³/mol. The minimum atomic E-state index is 0.193. The van der Waals surface area contributed by atoms with E-state index in [1.807, 2.05) is 23.2 Å². The summed E-state index contributed by atoms with van der Waals surface area (Å²) in [5.41, 5.74) is 2.12. The van der Waals surface area contributed by atoms with Crippen LogP contribution in [0.4, 0.5) is 0 Å². The van der Waals surface area contributed by atoms with E-state index in [0.717, 1.165) is 34.0 Å². The first-order valence-electron chi connectivity index (χ1n) is 8.19. The number of aromatic nitrogens is 1. The molecular weight excluding hydrogens is 356 g/mol. The molecule has 23 heavy (non-hydrogen) atoms. The lowest BCUT2D eigenvalue weighted by atomic mass is 9.98. The number of aromatic amines is 1. The number of rotatable bonds is 3. The molecule has 1 atom stereocenters. The molecule has 1 aromatic carbocycles. The minimum Gasteiger partial charge on any atom is -0.380 e. The second-order valence-corrected chi connectivity index (χ2v) is 7.40. The van der Waals surface area contributed by atoms with Gasteiger partial charge in [0.25, 0.3) is 0 Å². The van der Waals surface area contributed by atoms with Crippen LogP contribution < -0.4 is 0 Å². The van der Waals surface area contributed by atoms with Gasteiger partial charge in [-0.05, 0) is 30.0 Å². The Balaban J connectivity index is 1.81. The fraction of sp³-hybridized carbons (Fsp3) is 0.500. The normalized spacial score (nSPS) is 19.3. The van der Waals surface area contributed by atoms with Crippen molar-refractivity contribution in [2.24, 2.45) is 5.92 Å². The Morgan fingerprint density at radius 1 is 1.43 bits per heavy atom. The van der Waals surface area contributed by atoms with Gasteiger partial charge in [-0.2, -0.15) is 0 Å². The standard InChI is InChI=1S/C18H23BrN2O2/c1-12(2)17-5-7-23-8-6-21(17)18(22)9-13-11-20-16-10-14(19)3-4-15(13)16/h3-4,10-12,17,20H,5-9H2,1-2H3. The number of fused-ring (bicyclic) bond motifs is 1. The topological polar surface area (TPSA) is 45.3 Å². The Bertz CT molecular complexity index is 695. The van der Waals surface area contributed by atoms with Crippen molar-refractivity contribution in [2.45, 2.75) is 32.7 Å². The molecule has 1 fully saturated rings. The van der Waals surface area contributed by atoms with E-state index >= 15 is 0 Å². The molecule has 1 saturated heterocycles. The zero-order chi connectivity index (χ0) is 16.4. The van der Waals surface area contributed by atoms with E-state index < -0.39 is 0 Å². The highest BCUT2D eigenvalue weighted by atomic mass is 79.9. The molecule has 1 amide bonds. The van der Waals surface area contributed by atoms with Gasteiger partial charge in [0.2, 0.25) is 5.91 Å². The highest BCUT2D eigenvalue weighted by molar-refractivity contribution is 9.10. The van der Waals surface area contributed by atoms with Gasteiger partial charge >= 0.3 is 0 Å². The number of hydrogen-bond donors (Lipinski definition) is 1. The molecule has 1 N–H and O–H groups in total. The molecule has 3 rings (SSSR count). The third-order valence-electron chi connectivity index (χ3n) is 4.60. The van der Waals surface area contributed by atoms with E-state index in [9.17, 15) is 4.79 Å². The number of hydrogen-bond acceptors (Lipinski definition) is 2. The molecule has 1 unspecified atom stereocenters. The van der Waals surface area contributed by atoms with Crippen LogP contribution in [0.3, 0.4) is 0 Å². The van der Waals surface area contributed by atoms with Gasteiger partial charge in [-0.1, -0.05) is 35.8 Å². The van der Waals surface area contributed by atoms with Crippen LogP contribution in [0.15, 0.2) is 28.9 Å². The first-order chi connectivity index (χ1) is 11.1. The molecule has 2 aromatic rings. The maximum Gasteiger partial charge on any atom is 0.227 e. The molecule has 0 aliphatic carbocycles. The maximum absolute atomic E-state index is 12.9. The predicted octanol–water partition coefficient (Wildman–Crippen LogP) is 3.75. The number of halogens is 1. The van der Waals surface area contributed by atoms with E-state index in [0.29, 0.717) is 25.5 Å². The number of carbonyl (C=O) groups is 1. The molecule has 4 nitrogen and oxygen atoms in total.